The highest BCUT2D eigenvalue weighted by molar-refractivity contribution is 6.30. The first-order valence-electron chi connectivity index (χ1n) is 10.1. The second-order valence-electron chi connectivity index (χ2n) is 7.31. The van der Waals surface area contributed by atoms with Gasteiger partial charge >= 0.3 is 0 Å². The number of morpholine rings is 1. The third-order valence-electron chi connectivity index (χ3n) is 5.40. The molecular formula is C21H26ClN5O2. The van der Waals surface area contributed by atoms with Gasteiger partial charge in [0.1, 0.15) is 5.82 Å². The van der Waals surface area contributed by atoms with Crippen molar-refractivity contribution in [3.8, 4) is 0 Å². The van der Waals surface area contributed by atoms with Gasteiger partial charge in [0.25, 0.3) is 0 Å². The highest BCUT2D eigenvalue weighted by Gasteiger charge is 2.23. The maximum atomic E-state index is 12.6. The third kappa shape index (κ3) is 5.16. The summed E-state index contributed by atoms with van der Waals surface area (Å²) in [6, 6.07) is 9.66. The molecule has 0 aliphatic carbocycles. The summed E-state index contributed by atoms with van der Waals surface area (Å²) in [7, 11) is 0. The van der Waals surface area contributed by atoms with Crippen molar-refractivity contribution < 1.29 is 9.53 Å². The molecule has 7 nitrogen and oxygen atoms in total. The molecule has 3 heterocycles. The molecule has 2 aromatic rings. The van der Waals surface area contributed by atoms with Crippen molar-refractivity contribution in [3.05, 3.63) is 47.1 Å². The Morgan fingerprint density at radius 1 is 1.03 bits per heavy atom. The number of hydrogen-bond donors (Lipinski definition) is 0. The van der Waals surface area contributed by atoms with Crippen LogP contribution in [-0.2, 0) is 16.0 Å². The van der Waals surface area contributed by atoms with Gasteiger partial charge < -0.3 is 19.4 Å². The van der Waals surface area contributed by atoms with Crippen molar-refractivity contribution >= 4 is 29.3 Å². The summed E-state index contributed by atoms with van der Waals surface area (Å²) >= 11 is 6.02. The molecule has 0 saturated carbocycles. The van der Waals surface area contributed by atoms with E-state index in [9.17, 15) is 4.79 Å². The predicted molar refractivity (Wildman–Crippen MR) is 114 cm³/mol. The van der Waals surface area contributed by atoms with E-state index in [4.69, 9.17) is 21.3 Å². The van der Waals surface area contributed by atoms with Gasteiger partial charge in [0, 0.05) is 56.9 Å². The lowest BCUT2D eigenvalue weighted by atomic mass is 10.1. The number of amides is 1. The van der Waals surface area contributed by atoms with Gasteiger partial charge in [-0.1, -0.05) is 23.7 Å². The molecule has 4 rings (SSSR count). The predicted octanol–water partition coefficient (Wildman–Crippen LogP) is 2.25. The van der Waals surface area contributed by atoms with Crippen molar-refractivity contribution in [2.24, 2.45) is 0 Å². The van der Waals surface area contributed by atoms with E-state index < -0.39 is 0 Å². The Morgan fingerprint density at radius 2 is 1.83 bits per heavy atom. The highest BCUT2D eigenvalue weighted by atomic mass is 35.5. The van der Waals surface area contributed by atoms with Crippen LogP contribution in [0.5, 0.6) is 0 Å². The molecule has 1 aromatic carbocycles. The van der Waals surface area contributed by atoms with Crippen LogP contribution in [0.1, 0.15) is 12.0 Å². The first kappa shape index (κ1) is 19.9. The normalized spacial score (nSPS) is 17.5. The molecule has 1 amide bonds. The number of carbonyl (C=O) groups excluding carboxylic acids is 1. The number of ether oxygens (including phenoxy) is 1. The molecule has 8 heteroatoms. The van der Waals surface area contributed by atoms with E-state index in [1.807, 2.05) is 41.4 Å². The second kappa shape index (κ2) is 9.41. The van der Waals surface area contributed by atoms with E-state index in [0.29, 0.717) is 44.2 Å². The van der Waals surface area contributed by atoms with Crippen LogP contribution in [0.2, 0.25) is 5.02 Å². The Bertz CT molecular complexity index is 835. The fourth-order valence-corrected chi connectivity index (χ4v) is 3.93. The zero-order valence-corrected chi connectivity index (χ0v) is 17.2. The molecule has 154 valence electrons. The van der Waals surface area contributed by atoms with Gasteiger partial charge in [-0.05, 0) is 30.2 Å². The van der Waals surface area contributed by atoms with Gasteiger partial charge in [-0.25, -0.2) is 4.98 Å². The minimum Gasteiger partial charge on any atom is -0.378 e. The molecule has 29 heavy (non-hydrogen) atoms. The largest absolute Gasteiger partial charge is 0.378 e. The molecule has 0 N–H and O–H groups in total. The van der Waals surface area contributed by atoms with Gasteiger partial charge in [0.05, 0.1) is 13.2 Å². The van der Waals surface area contributed by atoms with Crippen LogP contribution >= 0.6 is 11.6 Å². The number of aryl methyl sites for hydroxylation is 1. The van der Waals surface area contributed by atoms with Crippen LogP contribution in [0.25, 0.3) is 0 Å². The van der Waals surface area contributed by atoms with Crippen LogP contribution in [0, 0.1) is 0 Å². The molecule has 2 aliphatic rings. The van der Waals surface area contributed by atoms with Gasteiger partial charge in [0.2, 0.25) is 11.9 Å². The SMILES string of the molecule is O=C(CCc1cccc(Cl)c1)N1CCN(c2ccnc(N3CCOCC3)n2)CC1. The van der Waals surface area contributed by atoms with E-state index >= 15 is 0 Å². The van der Waals surface area contributed by atoms with Gasteiger partial charge in [0.15, 0.2) is 0 Å². The van der Waals surface area contributed by atoms with E-state index in [0.717, 1.165) is 43.5 Å². The Kier molecular flexibility index (Phi) is 6.46. The minimum absolute atomic E-state index is 0.196. The van der Waals surface area contributed by atoms with E-state index in [2.05, 4.69) is 14.8 Å². The summed E-state index contributed by atoms with van der Waals surface area (Å²) in [4.78, 5) is 28.1. The Labute approximate surface area is 176 Å². The number of nitrogens with zero attached hydrogens (tertiary/aromatic N) is 5. The van der Waals surface area contributed by atoms with Crippen molar-refractivity contribution in [1.29, 1.82) is 0 Å². The number of anilines is 2. The van der Waals surface area contributed by atoms with E-state index in [1.54, 1.807) is 0 Å². The molecule has 1 aromatic heterocycles. The van der Waals surface area contributed by atoms with Crippen molar-refractivity contribution in [2.75, 3.05) is 62.3 Å². The standard InChI is InChI=1S/C21H26ClN5O2/c22-18-3-1-2-17(16-18)4-5-20(28)26-10-8-25(9-11-26)19-6-7-23-21(24-19)27-12-14-29-15-13-27/h1-3,6-7,16H,4-5,8-15H2. The molecule has 0 spiro atoms. The number of hydrogen-bond acceptors (Lipinski definition) is 6. The summed E-state index contributed by atoms with van der Waals surface area (Å²) in [5.74, 6) is 1.87. The zero-order chi connectivity index (χ0) is 20.1. The van der Waals surface area contributed by atoms with Gasteiger partial charge in [-0.15, -0.1) is 0 Å². The fraction of sp³-hybridized carbons (Fsp3) is 0.476. The minimum atomic E-state index is 0.196. The number of carbonyl (C=O) groups is 1. The summed E-state index contributed by atoms with van der Waals surface area (Å²) in [5, 5.41) is 0.713. The molecule has 0 radical (unpaired) electrons. The maximum Gasteiger partial charge on any atom is 0.227 e. The average Bonchev–Trinajstić information content (AvgIpc) is 2.78. The second-order valence-corrected chi connectivity index (χ2v) is 7.75. The molecule has 0 unspecified atom stereocenters. The Morgan fingerprint density at radius 3 is 2.59 bits per heavy atom. The Balaban J connectivity index is 1.29. The highest BCUT2D eigenvalue weighted by Crippen LogP contribution is 2.18. The van der Waals surface area contributed by atoms with Crippen LogP contribution in [0.4, 0.5) is 11.8 Å². The summed E-state index contributed by atoms with van der Waals surface area (Å²) in [6.07, 6.45) is 3.04. The molecule has 2 fully saturated rings. The molecule has 2 saturated heterocycles. The Hall–Kier alpha value is -2.38. The van der Waals surface area contributed by atoms with Crippen molar-refractivity contribution in [2.45, 2.75) is 12.8 Å². The molecule has 0 atom stereocenters. The van der Waals surface area contributed by atoms with Crippen molar-refractivity contribution in [3.63, 3.8) is 0 Å². The smallest absolute Gasteiger partial charge is 0.227 e. The number of halogens is 1. The summed E-state index contributed by atoms with van der Waals surface area (Å²) in [5.41, 5.74) is 1.10. The van der Waals surface area contributed by atoms with Crippen molar-refractivity contribution in [1.82, 2.24) is 14.9 Å². The molecule has 2 aliphatic heterocycles. The lowest BCUT2D eigenvalue weighted by molar-refractivity contribution is -0.131. The summed E-state index contributed by atoms with van der Waals surface area (Å²) < 4.78 is 5.40. The summed E-state index contributed by atoms with van der Waals surface area (Å²) in [6.45, 7) is 6.05. The fourth-order valence-electron chi connectivity index (χ4n) is 3.72. The average molecular weight is 416 g/mol. The van der Waals surface area contributed by atoms with Gasteiger partial charge in [-0.2, -0.15) is 4.98 Å². The first-order valence-corrected chi connectivity index (χ1v) is 10.5. The lowest BCUT2D eigenvalue weighted by Crippen LogP contribution is -2.49. The van der Waals surface area contributed by atoms with E-state index in [1.165, 1.54) is 0 Å². The quantitative estimate of drug-likeness (QED) is 0.746. The number of rotatable bonds is 5. The zero-order valence-electron chi connectivity index (χ0n) is 16.5. The van der Waals surface area contributed by atoms with E-state index in [-0.39, 0.29) is 5.91 Å². The number of aromatic nitrogens is 2. The molecule has 0 bridgehead atoms. The number of benzene rings is 1. The first-order chi connectivity index (χ1) is 14.2. The van der Waals surface area contributed by atoms with Crippen LogP contribution < -0.4 is 9.80 Å². The van der Waals surface area contributed by atoms with Gasteiger partial charge in [-0.3, -0.25) is 4.79 Å². The van der Waals surface area contributed by atoms with Crippen LogP contribution in [0.3, 0.4) is 0 Å². The monoisotopic (exact) mass is 415 g/mol. The topological polar surface area (TPSA) is 61.8 Å². The lowest BCUT2D eigenvalue weighted by Gasteiger charge is -2.36. The van der Waals surface area contributed by atoms with Crippen LogP contribution in [-0.4, -0.2) is 73.3 Å². The third-order valence-corrected chi connectivity index (χ3v) is 5.63. The van der Waals surface area contributed by atoms with Crippen LogP contribution in [0.15, 0.2) is 36.5 Å². The number of piperazine rings is 1. The molecular weight excluding hydrogens is 390 g/mol. The maximum absolute atomic E-state index is 12.6.